The van der Waals surface area contributed by atoms with Crippen LogP contribution >= 0.6 is 0 Å². The van der Waals surface area contributed by atoms with Crippen molar-refractivity contribution < 1.29 is 87.0 Å². The Balaban J connectivity index is 0.804. The van der Waals surface area contributed by atoms with Crippen molar-refractivity contribution in [3.63, 3.8) is 0 Å². The monoisotopic (exact) mass is 1240 g/mol. The van der Waals surface area contributed by atoms with Crippen LogP contribution in [0.5, 0.6) is 5.75 Å². The number of aliphatic hydroxyl groups excluding tert-OH is 3. The first kappa shape index (κ1) is 66.0. The van der Waals surface area contributed by atoms with Crippen molar-refractivity contribution >= 4 is 29.9 Å². The number of carbonyl (C=O) groups is 5. The highest BCUT2D eigenvalue weighted by Gasteiger charge is 2.71. The summed E-state index contributed by atoms with van der Waals surface area (Å²) >= 11 is 0. The number of hydrogen-bond acceptors (Lipinski definition) is 18. The van der Waals surface area contributed by atoms with Crippen LogP contribution in [0.3, 0.4) is 0 Å². The van der Waals surface area contributed by atoms with E-state index in [0.717, 1.165) is 47.9 Å². The molecule has 2 amide bonds. The van der Waals surface area contributed by atoms with Crippen LogP contribution in [-0.2, 0) is 47.5 Å². The van der Waals surface area contributed by atoms with Gasteiger partial charge in [-0.2, -0.15) is 0 Å². The fourth-order valence-electron chi connectivity index (χ4n) is 16.0. The number of rotatable bonds is 23. The summed E-state index contributed by atoms with van der Waals surface area (Å²) in [6, 6.07) is 22.3. The van der Waals surface area contributed by atoms with E-state index in [1.807, 2.05) is 38.1 Å². The Kier molecular flexibility index (Phi) is 21.0. The van der Waals surface area contributed by atoms with E-state index in [-0.39, 0.29) is 72.0 Å². The number of allylic oxidation sites excluding steroid dienone is 1. The smallest absolute Gasteiger partial charge is 0.407 e. The van der Waals surface area contributed by atoms with Crippen LogP contribution in [0, 0.1) is 40.4 Å². The van der Waals surface area contributed by atoms with Crippen LogP contribution in [0.4, 0.5) is 9.59 Å². The van der Waals surface area contributed by atoms with Gasteiger partial charge in [0.25, 0.3) is 0 Å². The van der Waals surface area contributed by atoms with E-state index in [4.69, 9.17) is 42.6 Å². The number of esters is 2. The highest BCUT2D eigenvalue weighted by molar-refractivity contribution is 5.89. The molecule has 3 aromatic rings. The van der Waals surface area contributed by atoms with Crippen molar-refractivity contribution in [3.05, 3.63) is 101 Å². The van der Waals surface area contributed by atoms with Gasteiger partial charge in [-0.3, -0.25) is 9.59 Å². The second-order valence-corrected chi connectivity index (χ2v) is 26.7. The van der Waals surface area contributed by atoms with E-state index in [1.54, 1.807) is 19.1 Å². The van der Waals surface area contributed by atoms with Crippen molar-refractivity contribution in [1.82, 2.24) is 10.6 Å². The van der Waals surface area contributed by atoms with Gasteiger partial charge in [-0.25, -0.2) is 14.4 Å². The standard InChI is InChI=1S/C69H92N2O18/c1-39(2)20-27-54(74)40(3)69(80)57(35-53-50-26-23-43-34-44(73)28-30-67(43,5)52(50)29-31-68(53,69)6)86-63-60(85-41(4)72)58(55(75)37-82-63)88-64-61(87-62(77)42-21-24-45(81-7)25-22-42)59(56(76)38-83-64)89-66(79)71-33-15-9-8-14-32-70-65(78)84-36-51-48-18-12-10-16-46(48)47-17-11-13-19-49(47)51/h10-13,16-19,21-25,39-40,44,50-53,55-61,63-64,73,75-76,80H,8-9,14-15,20,26-38H2,1-7H3,(H,70,78)(H,71,79)/t40-,44+,50-,52?,53+,55+,56-,57+,58+,59+,60-,61-,63+,64+,67+,68+,69-/m1/s1. The molecule has 5 fully saturated rings. The zero-order valence-electron chi connectivity index (χ0n) is 52.5. The van der Waals surface area contributed by atoms with Crippen LogP contribution in [0.15, 0.2) is 84.4 Å². The Labute approximate surface area is 522 Å². The van der Waals surface area contributed by atoms with E-state index in [1.165, 1.54) is 31.7 Å². The van der Waals surface area contributed by atoms with Gasteiger partial charge in [0.05, 0.1) is 38.1 Å². The van der Waals surface area contributed by atoms with Crippen LogP contribution in [0.1, 0.15) is 152 Å². The molecule has 0 radical (unpaired) electrons. The van der Waals surface area contributed by atoms with Crippen molar-refractivity contribution in [2.45, 2.75) is 198 Å². The Bertz CT molecular complexity index is 2960. The normalized spacial score (nSPS) is 33.2. The van der Waals surface area contributed by atoms with Crippen molar-refractivity contribution in [3.8, 4) is 16.9 Å². The molecule has 1 unspecified atom stereocenters. The fourth-order valence-corrected chi connectivity index (χ4v) is 16.0. The lowest BCUT2D eigenvalue weighted by atomic mass is 9.46. The summed E-state index contributed by atoms with van der Waals surface area (Å²) in [6.07, 6.45) is -4.95. The zero-order valence-corrected chi connectivity index (χ0v) is 52.5. The number of hydrogen-bond donors (Lipinski definition) is 6. The molecular formula is C69H92N2O18. The summed E-state index contributed by atoms with van der Waals surface area (Å²) in [5.74, 6) is -1.73. The maximum absolute atomic E-state index is 14.4. The third-order valence-electron chi connectivity index (χ3n) is 20.9. The summed E-state index contributed by atoms with van der Waals surface area (Å²) in [4.78, 5) is 68.0. The molecule has 20 heteroatoms. The largest absolute Gasteiger partial charge is 0.497 e. The molecule has 2 heterocycles. The number of unbranched alkanes of at least 4 members (excludes halogenated alkanes) is 3. The molecular weight excluding hydrogens is 1140 g/mol. The first-order valence-corrected chi connectivity index (χ1v) is 32.2. The second-order valence-electron chi connectivity index (χ2n) is 26.7. The number of amides is 2. The molecule has 2 aliphatic heterocycles. The molecule has 0 aromatic heterocycles. The molecule has 10 rings (SSSR count). The molecule has 3 saturated carbocycles. The maximum Gasteiger partial charge on any atom is 0.407 e. The average molecular weight is 1240 g/mol. The van der Waals surface area contributed by atoms with E-state index >= 15 is 0 Å². The lowest BCUT2D eigenvalue weighted by molar-refractivity contribution is -0.344. The molecule has 486 valence electrons. The van der Waals surface area contributed by atoms with E-state index < -0.39 is 110 Å². The summed E-state index contributed by atoms with van der Waals surface area (Å²) < 4.78 is 54.6. The van der Waals surface area contributed by atoms with E-state index in [0.29, 0.717) is 63.7 Å². The number of ketones is 1. The van der Waals surface area contributed by atoms with Gasteiger partial charge < -0.3 is 73.7 Å². The Morgan fingerprint density at radius 3 is 1.97 bits per heavy atom. The third-order valence-corrected chi connectivity index (χ3v) is 20.9. The van der Waals surface area contributed by atoms with Crippen LogP contribution in [0.25, 0.3) is 11.1 Å². The van der Waals surface area contributed by atoms with E-state index in [2.05, 4.69) is 54.8 Å². The van der Waals surface area contributed by atoms with Gasteiger partial charge in [-0.05, 0) is 140 Å². The molecule has 2 saturated heterocycles. The van der Waals surface area contributed by atoms with Gasteiger partial charge in [-0.15, -0.1) is 0 Å². The number of fused-ring (bicyclic) bond motifs is 8. The zero-order chi connectivity index (χ0) is 63.4. The minimum atomic E-state index is -1.73. The van der Waals surface area contributed by atoms with Crippen molar-refractivity contribution in [1.29, 1.82) is 0 Å². The highest BCUT2D eigenvalue weighted by atomic mass is 16.8. The molecule has 0 spiro atoms. The van der Waals surface area contributed by atoms with Crippen molar-refractivity contribution in [2.75, 3.05) is 40.0 Å². The number of nitrogens with one attached hydrogen (secondary N) is 2. The van der Waals surface area contributed by atoms with Crippen LogP contribution < -0.4 is 15.4 Å². The molecule has 3 aromatic carbocycles. The van der Waals surface area contributed by atoms with Crippen molar-refractivity contribution in [2.24, 2.45) is 40.4 Å². The first-order chi connectivity index (χ1) is 42.6. The molecule has 17 atom stereocenters. The summed E-state index contributed by atoms with van der Waals surface area (Å²) in [7, 11) is 1.47. The minimum Gasteiger partial charge on any atom is -0.497 e. The molecule has 89 heavy (non-hydrogen) atoms. The Morgan fingerprint density at radius 2 is 1.33 bits per heavy atom. The number of Topliss-reactive ketones (excluding diaryl/α,β-unsaturated/α-hetero) is 1. The number of carbonyl (C=O) groups excluding carboxylic acids is 5. The van der Waals surface area contributed by atoms with Gasteiger partial charge in [0, 0.05) is 43.7 Å². The Hall–Kier alpha value is -5.97. The second kappa shape index (κ2) is 28.3. The summed E-state index contributed by atoms with van der Waals surface area (Å²) in [6.45, 7) is 11.3. The maximum atomic E-state index is 14.4. The average Bonchev–Trinajstić information content (AvgIpc) is 1.75. The number of methoxy groups -OCH3 is 1. The Morgan fingerprint density at radius 1 is 0.708 bits per heavy atom. The lowest BCUT2D eigenvalue weighted by Crippen LogP contribution is -2.64. The van der Waals surface area contributed by atoms with Gasteiger partial charge in [0.2, 0.25) is 0 Å². The third kappa shape index (κ3) is 13.8. The summed E-state index contributed by atoms with van der Waals surface area (Å²) in [5, 5.41) is 53.3. The first-order valence-electron chi connectivity index (χ1n) is 32.2. The minimum absolute atomic E-state index is 0.0503. The van der Waals surface area contributed by atoms with Crippen LogP contribution in [0.2, 0.25) is 0 Å². The SMILES string of the molecule is COc1ccc(C(=O)O[C@H]2[C@H](O[C@@H]3[C@@H](OC(C)=O)[C@H](O[C@H]4C[C@H]5[C@@H]6CC=C7C[C@@H](O)CC[C@]7(C)C6CC[C@]5(C)[C@@]4(O)[C@H](C)C(=O)CCC(C)C)OC[C@@H]3O)OC[C@@H](O)[C@@H]2OC(=O)NCCCCCCNC(=O)OCC2c3ccccc3-c3ccccc32)cc1. The van der Waals surface area contributed by atoms with Gasteiger partial charge in [0.1, 0.15) is 42.1 Å². The predicted octanol–water partition coefficient (Wildman–Crippen LogP) is 8.86. The van der Waals surface area contributed by atoms with E-state index in [9.17, 15) is 44.4 Å². The molecule has 5 aliphatic carbocycles. The van der Waals surface area contributed by atoms with Crippen LogP contribution in [-0.4, -0.2) is 157 Å². The number of ether oxygens (including phenoxy) is 9. The molecule has 6 N–H and O–H groups in total. The topological polar surface area (TPSA) is 273 Å². The van der Waals surface area contributed by atoms with Gasteiger partial charge in [0.15, 0.2) is 30.9 Å². The van der Waals surface area contributed by atoms with Gasteiger partial charge >= 0.3 is 24.1 Å². The predicted molar refractivity (Wildman–Crippen MR) is 325 cm³/mol. The molecule has 20 nitrogen and oxygen atoms in total. The van der Waals surface area contributed by atoms with Gasteiger partial charge in [-0.1, -0.05) is 108 Å². The number of aliphatic hydroxyl groups is 4. The molecule has 0 bridgehead atoms. The lowest BCUT2D eigenvalue weighted by Gasteiger charge is -2.59. The number of alkyl carbamates (subject to hydrolysis) is 2. The molecule has 7 aliphatic rings. The highest BCUT2D eigenvalue weighted by Crippen LogP contribution is 2.69. The quantitative estimate of drug-likeness (QED) is 0.0224. The fraction of sp³-hybridized carbons (Fsp3) is 0.638. The number of benzene rings is 3. The summed E-state index contributed by atoms with van der Waals surface area (Å²) in [5.41, 5.74) is 3.24.